The average molecular weight is 390 g/mol. The number of rotatable bonds is 6. The Kier molecular flexibility index (Phi) is 10.7. The maximum Gasteiger partial charge on any atom is 0.239 e. The van der Waals surface area contributed by atoms with Gasteiger partial charge < -0.3 is 10.6 Å². The molecule has 25 heavy (non-hydrogen) atoms. The minimum absolute atomic E-state index is 0. The zero-order chi connectivity index (χ0) is 16.9. The molecule has 1 unspecified atom stereocenters. The SMILES string of the molecule is CN(CC(C)(C)CN)C(=O)C1CCCCN1Cc1ccccc1.Cl.Cl. The molecule has 4 nitrogen and oxygen atoms in total. The summed E-state index contributed by atoms with van der Waals surface area (Å²) in [5, 5.41) is 0. The Labute approximate surface area is 164 Å². The van der Waals surface area contributed by atoms with Gasteiger partial charge >= 0.3 is 0 Å². The average Bonchev–Trinajstić information content (AvgIpc) is 2.55. The van der Waals surface area contributed by atoms with Crippen LogP contribution in [-0.4, -0.2) is 48.4 Å². The van der Waals surface area contributed by atoms with Gasteiger partial charge in [-0.3, -0.25) is 9.69 Å². The summed E-state index contributed by atoms with van der Waals surface area (Å²) in [6, 6.07) is 10.4. The first-order valence-corrected chi connectivity index (χ1v) is 8.66. The van der Waals surface area contributed by atoms with E-state index in [1.54, 1.807) is 0 Å². The Balaban J connectivity index is 0.00000288. The zero-order valence-electron chi connectivity index (χ0n) is 15.6. The maximum absolute atomic E-state index is 12.9. The number of benzene rings is 1. The molecule has 1 aromatic carbocycles. The summed E-state index contributed by atoms with van der Waals surface area (Å²) in [5.41, 5.74) is 7.05. The van der Waals surface area contributed by atoms with Crippen LogP contribution in [0, 0.1) is 5.41 Å². The van der Waals surface area contributed by atoms with Crippen molar-refractivity contribution in [2.75, 3.05) is 26.7 Å². The van der Waals surface area contributed by atoms with E-state index >= 15 is 0 Å². The zero-order valence-corrected chi connectivity index (χ0v) is 17.2. The summed E-state index contributed by atoms with van der Waals surface area (Å²) >= 11 is 0. The van der Waals surface area contributed by atoms with Crippen LogP contribution < -0.4 is 5.73 Å². The number of halogens is 2. The van der Waals surface area contributed by atoms with Crippen molar-refractivity contribution < 1.29 is 4.79 Å². The molecular weight excluding hydrogens is 357 g/mol. The van der Waals surface area contributed by atoms with Crippen LogP contribution in [0.3, 0.4) is 0 Å². The van der Waals surface area contributed by atoms with Crippen molar-refractivity contribution in [2.24, 2.45) is 11.1 Å². The van der Waals surface area contributed by atoms with Gasteiger partial charge in [-0.15, -0.1) is 24.8 Å². The van der Waals surface area contributed by atoms with Gasteiger partial charge in [-0.2, -0.15) is 0 Å². The lowest BCUT2D eigenvalue weighted by Gasteiger charge is -2.38. The minimum Gasteiger partial charge on any atom is -0.344 e. The monoisotopic (exact) mass is 389 g/mol. The second-order valence-electron chi connectivity index (χ2n) is 7.53. The van der Waals surface area contributed by atoms with Crippen molar-refractivity contribution in [3.8, 4) is 0 Å². The van der Waals surface area contributed by atoms with Gasteiger partial charge in [0.1, 0.15) is 0 Å². The molecule has 0 bridgehead atoms. The molecule has 1 atom stereocenters. The number of carbonyl (C=O) groups excluding carboxylic acids is 1. The van der Waals surface area contributed by atoms with E-state index < -0.39 is 0 Å². The Morgan fingerprint density at radius 2 is 1.88 bits per heavy atom. The minimum atomic E-state index is -0.0384. The van der Waals surface area contributed by atoms with Crippen molar-refractivity contribution in [2.45, 2.75) is 45.7 Å². The van der Waals surface area contributed by atoms with Crippen LogP contribution in [0.5, 0.6) is 0 Å². The van der Waals surface area contributed by atoms with E-state index in [-0.39, 0.29) is 42.2 Å². The smallest absolute Gasteiger partial charge is 0.239 e. The summed E-state index contributed by atoms with van der Waals surface area (Å²) in [7, 11) is 1.91. The number of hydrogen-bond donors (Lipinski definition) is 1. The quantitative estimate of drug-likeness (QED) is 0.811. The maximum atomic E-state index is 12.9. The number of carbonyl (C=O) groups is 1. The van der Waals surface area contributed by atoms with E-state index in [0.717, 1.165) is 25.9 Å². The molecule has 1 aromatic rings. The predicted molar refractivity (Wildman–Crippen MR) is 109 cm³/mol. The second-order valence-corrected chi connectivity index (χ2v) is 7.53. The number of likely N-dealkylation sites (tertiary alicyclic amines) is 1. The molecule has 0 spiro atoms. The van der Waals surface area contributed by atoms with Crippen LogP contribution in [0.1, 0.15) is 38.7 Å². The third-order valence-corrected chi connectivity index (χ3v) is 4.72. The summed E-state index contributed by atoms with van der Waals surface area (Å²) in [5.74, 6) is 0.238. The van der Waals surface area contributed by atoms with Gasteiger partial charge in [0, 0.05) is 20.1 Å². The van der Waals surface area contributed by atoms with E-state index in [2.05, 4.69) is 43.0 Å². The number of amides is 1. The van der Waals surface area contributed by atoms with E-state index in [0.29, 0.717) is 13.1 Å². The Morgan fingerprint density at radius 3 is 2.48 bits per heavy atom. The molecule has 0 aliphatic carbocycles. The Morgan fingerprint density at radius 1 is 1.24 bits per heavy atom. The van der Waals surface area contributed by atoms with Gasteiger partial charge in [-0.1, -0.05) is 50.6 Å². The van der Waals surface area contributed by atoms with Crippen LogP contribution in [0.4, 0.5) is 0 Å². The van der Waals surface area contributed by atoms with Gasteiger partial charge in [0.2, 0.25) is 5.91 Å². The fourth-order valence-corrected chi connectivity index (χ4v) is 3.32. The molecule has 2 N–H and O–H groups in total. The molecule has 1 saturated heterocycles. The summed E-state index contributed by atoms with van der Waals surface area (Å²) < 4.78 is 0. The van der Waals surface area contributed by atoms with Crippen molar-refractivity contribution in [1.82, 2.24) is 9.80 Å². The largest absolute Gasteiger partial charge is 0.344 e. The van der Waals surface area contributed by atoms with E-state index in [1.165, 1.54) is 12.0 Å². The van der Waals surface area contributed by atoms with Crippen LogP contribution in [-0.2, 0) is 11.3 Å². The van der Waals surface area contributed by atoms with Crippen molar-refractivity contribution in [3.05, 3.63) is 35.9 Å². The fourth-order valence-electron chi connectivity index (χ4n) is 3.32. The molecular formula is C19H33Cl2N3O. The van der Waals surface area contributed by atoms with Crippen LogP contribution >= 0.6 is 24.8 Å². The third kappa shape index (κ3) is 7.14. The number of nitrogens with two attached hydrogens (primary N) is 1. The molecule has 1 heterocycles. The normalized spacial score (nSPS) is 18.0. The fraction of sp³-hybridized carbons (Fsp3) is 0.632. The lowest BCUT2D eigenvalue weighted by Crippen LogP contribution is -2.51. The highest BCUT2D eigenvalue weighted by atomic mass is 35.5. The molecule has 0 radical (unpaired) electrons. The first kappa shape index (κ1) is 24.2. The first-order valence-electron chi connectivity index (χ1n) is 8.66. The summed E-state index contributed by atoms with van der Waals surface area (Å²) in [6.45, 7) is 7.37. The number of likely N-dealkylation sites (N-methyl/N-ethyl adjacent to an activating group) is 1. The van der Waals surface area contributed by atoms with E-state index in [1.807, 2.05) is 18.0 Å². The van der Waals surface area contributed by atoms with Gasteiger partial charge in [-0.25, -0.2) is 0 Å². The van der Waals surface area contributed by atoms with Crippen LogP contribution in [0.2, 0.25) is 0 Å². The first-order chi connectivity index (χ1) is 10.9. The second kappa shape index (κ2) is 11.0. The summed E-state index contributed by atoms with van der Waals surface area (Å²) in [6.07, 6.45) is 3.27. The standard InChI is InChI=1S/C19H31N3O.2ClH/c1-19(2,14-20)15-21(3)18(23)17-11-7-8-12-22(17)13-16-9-5-4-6-10-16;;/h4-6,9-10,17H,7-8,11-15,20H2,1-3H3;2*1H. The molecule has 1 fully saturated rings. The molecule has 0 saturated carbocycles. The highest BCUT2D eigenvalue weighted by Gasteiger charge is 2.32. The van der Waals surface area contributed by atoms with Crippen LogP contribution in [0.15, 0.2) is 30.3 Å². The van der Waals surface area contributed by atoms with Gasteiger partial charge in [0.15, 0.2) is 0 Å². The number of hydrogen-bond acceptors (Lipinski definition) is 3. The summed E-state index contributed by atoms with van der Waals surface area (Å²) in [4.78, 5) is 17.2. The molecule has 144 valence electrons. The lowest BCUT2D eigenvalue weighted by molar-refractivity contribution is -0.138. The predicted octanol–water partition coefficient (Wildman–Crippen LogP) is 3.33. The van der Waals surface area contributed by atoms with Crippen molar-refractivity contribution >= 4 is 30.7 Å². The van der Waals surface area contributed by atoms with Gasteiger partial charge in [0.05, 0.1) is 6.04 Å². The van der Waals surface area contributed by atoms with E-state index in [4.69, 9.17) is 5.73 Å². The van der Waals surface area contributed by atoms with E-state index in [9.17, 15) is 4.79 Å². The molecule has 0 aromatic heterocycles. The molecule has 6 heteroatoms. The molecule has 1 aliphatic heterocycles. The van der Waals surface area contributed by atoms with Crippen molar-refractivity contribution in [3.63, 3.8) is 0 Å². The molecule has 1 amide bonds. The number of piperidine rings is 1. The van der Waals surface area contributed by atoms with Gasteiger partial charge in [0.25, 0.3) is 0 Å². The lowest BCUT2D eigenvalue weighted by atomic mass is 9.92. The van der Waals surface area contributed by atoms with Crippen LogP contribution in [0.25, 0.3) is 0 Å². The highest BCUT2D eigenvalue weighted by molar-refractivity contribution is 5.85. The molecule has 2 rings (SSSR count). The topological polar surface area (TPSA) is 49.6 Å². The van der Waals surface area contributed by atoms with Gasteiger partial charge in [-0.05, 0) is 36.9 Å². The Bertz CT molecular complexity index is 511. The molecule has 1 aliphatic rings. The highest BCUT2D eigenvalue weighted by Crippen LogP contribution is 2.23. The van der Waals surface area contributed by atoms with Crippen molar-refractivity contribution in [1.29, 1.82) is 0 Å². The Hall–Kier alpha value is -0.810. The number of nitrogens with zero attached hydrogens (tertiary/aromatic N) is 2. The third-order valence-electron chi connectivity index (χ3n) is 4.72.